The van der Waals surface area contributed by atoms with E-state index in [0.29, 0.717) is 17.3 Å². The van der Waals surface area contributed by atoms with Crippen LogP contribution in [-0.4, -0.2) is 39.5 Å². The highest BCUT2D eigenvalue weighted by atomic mass is 32.2. The number of nitrogen functional groups attached to an aromatic ring is 1. The van der Waals surface area contributed by atoms with Gasteiger partial charge in [-0.2, -0.15) is 0 Å². The van der Waals surface area contributed by atoms with Gasteiger partial charge in [0.15, 0.2) is 5.16 Å². The van der Waals surface area contributed by atoms with Gasteiger partial charge in [0.1, 0.15) is 6.04 Å². The van der Waals surface area contributed by atoms with Gasteiger partial charge in [-0.25, -0.2) is 0 Å². The van der Waals surface area contributed by atoms with Crippen LogP contribution in [0.3, 0.4) is 0 Å². The molecule has 26 heavy (non-hydrogen) atoms. The van der Waals surface area contributed by atoms with Crippen molar-refractivity contribution in [1.29, 1.82) is 0 Å². The van der Waals surface area contributed by atoms with E-state index in [2.05, 4.69) is 20.3 Å². The Morgan fingerprint density at radius 1 is 1.31 bits per heavy atom. The summed E-state index contributed by atoms with van der Waals surface area (Å²) in [6.07, 6.45) is 0.491. The number of carbonyl (C=O) groups excluding carboxylic acids is 2. The van der Waals surface area contributed by atoms with Gasteiger partial charge in [-0.1, -0.05) is 24.8 Å². The van der Waals surface area contributed by atoms with Gasteiger partial charge in [-0.15, -0.1) is 10.2 Å². The predicted octanol–water partition coefficient (Wildman–Crippen LogP) is 2.33. The number of benzene rings is 1. The molecule has 0 radical (unpaired) electrons. The van der Waals surface area contributed by atoms with Crippen molar-refractivity contribution in [3.8, 4) is 0 Å². The number of nitrogens with one attached hydrogen (secondary N) is 1. The van der Waals surface area contributed by atoms with Crippen molar-refractivity contribution < 1.29 is 14.3 Å². The fourth-order valence-electron chi connectivity index (χ4n) is 2.39. The first kappa shape index (κ1) is 19.8. The largest absolute Gasteiger partial charge is 0.468 e. The number of aryl methyl sites for hydroxylation is 2. The van der Waals surface area contributed by atoms with E-state index >= 15 is 0 Å². The van der Waals surface area contributed by atoms with Gasteiger partial charge in [-0.05, 0) is 43.5 Å². The minimum atomic E-state index is -0.591. The number of nitrogens with zero attached hydrogens (tertiary/aromatic N) is 3. The highest BCUT2D eigenvalue weighted by molar-refractivity contribution is 7.99. The number of rotatable bonds is 7. The van der Waals surface area contributed by atoms with Crippen molar-refractivity contribution in [1.82, 2.24) is 14.8 Å². The van der Waals surface area contributed by atoms with E-state index in [4.69, 9.17) is 5.73 Å². The maximum atomic E-state index is 12.8. The Hall–Kier alpha value is -2.55. The highest BCUT2D eigenvalue weighted by Gasteiger charge is 2.25. The number of amides is 1. The van der Waals surface area contributed by atoms with Crippen LogP contribution in [-0.2, 0) is 14.3 Å². The molecule has 1 atom stereocenters. The Morgan fingerprint density at radius 3 is 2.65 bits per heavy atom. The molecule has 0 fully saturated rings. The second kappa shape index (κ2) is 8.70. The summed E-state index contributed by atoms with van der Waals surface area (Å²) in [7, 11) is 1.31. The number of hydrogen-bond donors (Lipinski definition) is 2. The predicted molar refractivity (Wildman–Crippen MR) is 101 cm³/mol. The third-order valence-corrected chi connectivity index (χ3v) is 4.93. The fraction of sp³-hybridized carbons (Fsp3) is 0.412. The Labute approximate surface area is 156 Å². The summed E-state index contributed by atoms with van der Waals surface area (Å²) < 4.78 is 6.17. The first-order chi connectivity index (χ1) is 12.4. The summed E-state index contributed by atoms with van der Waals surface area (Å²) >= 11 is 1.13. The van der Waals surface area contributed by atoms with Crippen LogP contribution in [0.5, 0.6) is 0 Å². The summed E-state index contributed by atoms with van der Waals surface area (Å²) in [4.78, 5) is 24.2. The van der Waals surface area contributed by atoms with Gasteiger partial charge >= 0.3 is 5.97 Å². The molecule has 0 aliphatic carbocycles. The lowest BCUT2D eigenvalue weighted by molar-refractivity contribution is -0.137. The van der Waals surface area contributed by atoms with Crippen molar-refractivity contribution in [2.75, 3.05) is 23.9 Å². The van der Waals surface area contributed by atoms with Crippen LogP contribution in [0.4, 0.5) is 11.6 Å². The van der Waals surface area contributed by atoms with Crippen LogP contribution < -0.4 is 11.1 Å². The maximum absolute atomic E-state index is 12.8. The first-order valence-corrected chi connectivity index (χ1v) is 9.14. The molecule has 0 aliphatic rings. The summed E-state index contributed by atoms with van der Waals surface area (Å²) in [5.41, 5.74) is 8.87. The van der Waals surface area contributed by atoms with Gasteiger partial charge in [0.25, 0.3) is 0 Å². The third kappa shape index (κ3) is 4.54. The van der Waals surface area contributed by atoms with E-state index in [9.17, 15) is 9.59 Å². The number of nitrogens with two attached hydrogens (primary N) is 1. The molecule has 3 N–H and O–H groups in total. The number of ether oxygens (including phenoxy) is 1. The van der Waals surface area contributed by atoms with Crippen LogP contribution in [0.25, 0.3) is 0 Å². The van der Waals surface area contributed by atoms with Gasteiger partial charge < -0.3 is 15.8 Å². The Bertz CT molecular complexity index is 806. The molecule has 140 valence electrons. The molecule has 1 amide bonds. The van der Waals surface area contributed by atoms with Crippen molar-refractivity contribution in [3.05, 3.63) is 29.3 Å². The molecule has 2 rings (SSSR count). The SMILES string of the molecule is CCC(C(=O)Nc1ccc(C)c(C)c1)n1c(N)nnc1SCC(=O)OC. The number of esters is 1. The number of thioether (sulfide) groups is 1. The normalized spacial score (nSPS) is 11.8. The van der Waals surface area contributed by atoms with E-state index in [0.717, 1.165) is 22.9 Å². The van der Waals surface area contributed by atoms with E-state index in [1.165, 1.54) is 7.11 Å². The number of carbonyl (C=O) groups is 2. The lowest BCUT2D eigenvalue weighted by Crippen LogP contribution is -2.27. The molecule has 0 spiro atoms. The summed E-state index contributed by atoms with van der Waals surface area (Å²) in [5, 5.41) is 11.1. The number of aromatic nitrogens is 3. The monoisotopic (exact) mass is 377 g/mol. The van der Waals surface area contributed by atoms with Crippen LogP contribution in [0, 0.1) is 13.8 Å². The molecule has 1 unspecified atom stereocenters. The Kier molecular flexibility index (Phi) is 6.62. The van der Waals surface area contributed by atoms with E-state index in [1.54, 1.807) is 4.57 Å². The molecule has 1 aromatic heterocycles. The molecule has 8 nitrogen and oxygen atoms in total. The molecular weight excluding hydrogens is 354 g/mol. The molecule has 0 aliphatic heterocycles. The van der Waals surface area contributed by atoms with E-state index < -0.39 is 12.0 Å². The maximum Gasteiger partial charge on any atom is 0.316 e. The van der Waals surface area contributed by atoms with Gasteiger partial charge in [0.2, 0.25) is 11.9 Å². The number of anilines is 2. The molecule has 0 saturated heterocycles. The van der Waals surface area contributed by atoms with Gasteiger partial charge in [0, 0.05) is 5.69 Å². The van der Waals surface area contributed by atoms with Crippen LogP contribution in [0.1, 0.15) is 30.5 Å². The molecule has 0 bridgehead atoms. The minimum absolute atomic E-state index is 0.0594. The zero-order valence-electron chi connectivity index (χ0n) is 15.3. The Morgan fingerprint density at radius 2 is 2.04 bits per heavy atom. The fourth-order valence-corrected chi connectivity index (χ4v) is 3.22. The lowest BCUT2D eigenvalue weighted by Gasteiger charge is -2.19. The quantitative estimate of drug-likeness (QED) is 0.562. The summed E-state index contributed by atoms with van der Waals surface area (Å²) in [6.45, 7) is 5.87. The van der Waals surface area contributed by atoms with E-state index in [-0.39, 0.29) is 17.6 Å². The van der Waals surface area contributed by atoms with Gasteiger partial charge in [-0.3, -0.25) is 14.2 Å². The molecule has 1 heterocycles. The Balaban J connectivity index is 2.21. The molecule has 1 aromatic carbocycles. The lowest BCUT2D eigenvalue weighted by atomic mass is 10.1. The second-order valence-corrected chi connectivity index (χ2v) is 6.73. The topological polar surface area (TPSA) is 112 Å². The van der Waals surface area contributed by atoms with Crippen molar-refractivity contribution in [2.24, 2.45) is 0 Å². The van der Waals surface area contributed by atoms with Crippen LogP contribution in [0.15, 0.2) is 23.4 Å². The smallest absolute Gasteiger partial charge is 0.316 e. The first-order valence-electron chi connectivity index (χ1n) is 8.15. The van der Waals surface area contributed by atoms with Crippen LogP contribution in [0.2, 0.25) is 0 Å². The summed E-state index contributed by atoms with van der Waals surface area (Å²) in [6, 6.07) is 5.14. The molecule has 0 saturated carbocycles. The second-order valence-electron chi connectivity index (χ2n) is 5.79. The zero-order valence-corrected chi connectivity index (χ0v) is 16.1. The zero-order chi connectivity index (χ0) is 19.3. The molecular formula is C17H23N5O3S. The van der Waals surface area contributed by atoms with Crippen molar-refractivity contribution in [2.45, 2.75) is 38.4 Å². The average molecular weight is 377 g/mol. The average Bonchev–Trinajstić information content (AvgIpc) is 2.97. The number of hydrogen-bond acceptors (Lipinski definition) is 7. The summed E-state index contributed by atoms with van der Waals surface area (Å²) in [5.74, 6) is -0.429. The number of methoxy groups -OCH3 is 1. The van der Waals surface area contributed by atoms with E-state index in [1.807, 2.05) is 39.0 Å². The highest BCUT2D eigenvalue weighted by Crippen LogP contribution is 2.26. The third-order valence-electron chi connectivity index (χ3n) is 4.01. The standard InChI is InChI=1S/C17H23N5O3S/c1-5-13(15(24)19-12-7-6-10(2)11(3)8-12)22-16(18)20-21-17(22)26-9-14(23)25-4/h6-8,13H,5,9H2,1-4H3,(H2,18,20)(H,19,24). The van der Waals surface area contributed by atoms with Crippen molar-refractivity contribution in [3.63, 3.8) is 0 Å². The minimum Gasteiger partial charge on any atom is -0.468 e. The van der Waals surface area contributed by atoms with Gasteiger partial charge in [0.05, 0.1) is 12.9 Å². The molecule has 2 aromatic rings. The van der Waals surface area contributed by atoms with Crippen molar-refractivity contribution >= 4 is 35.3 Å². The van der Waals surface area contributed by atoms with Crippen LogP contribution >= 0.6 is 11.8 Å². The molecule has 9 heteroatoms.